The first-order valence-electron chi connectivity index (χ1n) is 4.67. The van der Waals surface area contributed by atoms with Crippen LogP contribution in [0.25, 0.3) is 10.4 Å². The first kappa shape index (κ1) is 12.4. The van der Waals surface area contributed by atoms with Crippen LogP contribution in [-0.2, 0) is 6.61 Å². The Hall–Kier alpha value is -1.66. The van der Waals surface area contributed by atoms with Crippen molar-refractivity contribution >= 4 is 11.6 Å². The molecular weight excluding hydrogens is 226 g/mol. The molecule has 0 spiro atoms. The van der Waals surface area contributed by atoms with Gasteiger partial charge in [-0.05, 0) is 23.2 Å². The second-order valence-electron chi connectivity index (χ2n) is 2.98. The zero-order valence-electron chi connectivity index (χ0n) is 8.52. The van der Waals surface area contributed by atoms with E-state index in [1.807, 2.05) is 0 Å². The molecule has 0 unspecified atom stereocenters. The highest BCUT2D eigenvalue weighted by Crippen LogP contribution is 2.16. The summed E-state index contributed by atoms with van der Waals surface area (Å²) >= 11 is 5.93. The number of rotatable bonds is 3. The molecule has 4 nitrogen and oxygen atoms in total. The molecule has 0 radical (unpaired) electrons. The van der Waals surface area contributed by atoms with Crippen molar-refractivity contribution in [1.82, 2.24) is 0 Å². The summed E-state index contributed by atoms with van der Waals surface area (Å²) in [5, 5.41) is 12.9. The van der Waals surface area contributed by atoms with Crippen LogP contribution in [0.2, 0.25) is 5.02 Å². The molecule has 0 amide bonds. The van der Waals surface area contributed by atoms with Crippen molar-refractivity contribution in [3.63, 3.8) is 0 Å². The minimum atomic E-state index is -0.0371. The summed E-state index contributed by atoms with van der Waals surface area (Å²) in [4.78, 5) is 2.62. The van der Waals surface area contributed by atoms with Gasteiger partial charge < -0.3 is 5.11 Å². The molecule has 1 aromatic carbocycles. The lowest BCUT2D eigenvalue weighted by molar-refractivity contribution is 0.282. The quantitative estimate of drug-likeness (QED) is 0.283. The molecule has 0 aliphatic carbocycles. The zero-order chi connectivity index (χ0) is 11.8. The van der Waals surface area contributed by atoms with Gasteiger partial charge in [0.15, 0.2) is 0 Å². The van der Waals surface area contributed by atoms with E-state index >= 15 is 0 Å². The van der Waals surface area contributed by atoms with E-state index in [1.165, 1.54) is 0 Å². The summed E-state index contributed by atoms with van der Waals surface area (Å²) in [6.07, 6.45) is 0.490. The smallest absolute Gasteiger partial charge is 0.0682 e. The van der Waals surface area contributed by atoms with Gasteiger partial charge in [-0.3, -0.25) is 0 Å². The molecule has 0 saturated heterocycles. The second-order valence-corrected chi connectivity index (χ2v) is 3.39. The molecule has 0 heterocycles. The fourth-order valence-electron chi connectivity index (χ4n) is 1.07. The van der Waals surface area contributed by atoms with Crippen LogP contribution in [-0.4, -0.2) is 11.7 Å². The number of hydrogen-bond acceptors (Lipinski definition) is 2. The number of azide groups is 1. The third-order valence-corrected chi connectivity index (χ3v) is 2.17. The Morgan fingerprint density at radius 2 is 2.31 bits per heavy atom. The van der Waals surface area contributed by atoms with Gasteiger partial charge in [0.1, 0.15) is 0 Å². The molecule has 1 N–H and O–H groups in total. The van der Waals surface area contributed by atoms with Gasteiger partial charge in [-0.1, -0.05) is 34.6 Å². The van der Waals surface area contributed by atoms with Crippen LogP contribution in [0, 0.1) is 11.8 Å². The van der Waals surface area contributed by atoms with Gasteiger partial charge in [-0.15, -0.1) is 0 Å². The lowest BCUT2D eigenvalue weighted by Gasteiger charge is -1.99. The van der Waals surface area contributed by atoms with E-state index in [9.17, 15) is 0 Å². The van der Waals surface area contributed by atoms with Crippen molar-refractivity contribution in [2.24, 2.45) is 5.11 Å². The Labute approximate surface area is 98.5 Å². The van der Waals surface area contributed by atoms with Gasteiger partial charge >= 0.3 is 0 Å². The minimum absolute atomic E-state index is 0.0371. The fraction of sp³-hybridized carbons (Fsp3) is 0.273. The largest absolute Gasteiger partial charge is 0.392 e. The highest BCUT2D eigenvalue weighted by atomic mass is 35.5. The first-order valence-corrected chi connectivity index (χ1v) is 5.04. The predicted molar refractivity (Wildman–Crippen MR) is 62.9 cm³/mol. The maximum atomic E-state index is 8.95. The molecule has 5 heteroatoms. The number of nitrogens with zero attached hydrogens (tertiary/aromatic N) is 3. The highest BCUT2D eigenvalue weighted by Gasteiger charge is 1.98. The van der Waals surface area contributed by atoms with Crippen molar-refractivity contribution in [2.75, 3.05) is 6.54 Å². The van der Waals surface area contributed by atoms with E-state index in [4.69, 9.17) is 22.2 Å². The number of hydrogen-bond donors (Lipinski definition) is 1. The van der Waals surface area contributed by atoms with Crippen molar-refractivity contribution in [2.45, 2.75) is 13.0 Å². The maximum absolute atomic E-state index is 8.95. The van der Waals surface area contributed by atoms with Crippen LogP contribution in [0.1, 0.15) is 17.5 Å². The number of aliphatic hydroxyl groups excluding tert-OH is 1. The summed E-state index contributed by atoms with van der Waals surface area (Å²) in [6, 6.07) is 5.18. The third kappa shape index (κ3) is 3.84. The number of benzene rings is 1. The maximum Gasteiger partial charge on any atom is 0.0682 e. The van der Waals surface area contributed by atoms with Crippen molar-refractivity contribution in [3.8, 4) is 11.8 Å². The minimum Gasteiger partial charge on any atom is -0.392 e. The SMILES string of the molecule is [N-]=[N+]=NCCC#Cc1cc(CO)ccc1Cl. The summed E-state index contributed by atoms with van der Waals surface area (Å²) in [6.45, 7) is 0.311. The molecule has 1 rings (SSSR count). The molecule has 82 valence electrons. The van der Waals surface area contributed by atoms with Crippen LogP contribution in [0.5, 0.6) is 0 Å². The summed E-state index contributed by atoms with van der Waals surface area (Å²) in [5.41, 5.74) is 9.50. The van der Waals surface area contributed by atoms with Gasteiger partial charge in [0.05, 0.1) is 11.6 Å². The van der Waals surface area contributed by atoms with Gasteiger partial charge in [0.2, 0.25) is 0 Å². The summed E-state index contributed by atoms with van der Waals surface area (Å²) in [7, 11) is 0. The van der Waals surface area contributed by atoms with Crippen LogP contribution in [0.3, 0.4) is 0 Å². The highest BCUT2D eigenvalue weighted by molar-refractivity contribution is 6.31. The van der Waals surface area contributed by atoms with Gasteiger partial charge in [0.25, 0.3) is 0 Å². The van der Waals surface area contributed by atoms with Gasteiger partial charge in [0, 0.05) is 23.4 Å². The molecule has 16 heavy (non-hydrogen) atoms. The van der Waals surface area contributed by atoms with Crippen LogP contribution in [0.15, 0.2) is 23.3 Å². The van der Waals surface area contributed by atoms with Crippen LogP contribution < -0.4 is 0 Å². The molecule has 0 aromatic heterocycles. The Morgan fingerprint density at radius 1 is 1.50 bits per heavy atom. The molecule has 0 atom stereocenters. The Balaban J connectivity index is 2.74. The Bertz CT molecular complexity index is 470. The average molecular weight is 236 g/mol. The van der Waals surface area contributed by atoms with Crippen LogP contribution in [0.4, 0.5) is 0 Å². The Kier molecular flexibility index (Phi) is 5.24. The topological polar surface area (TPSA) is 69.0 Å². The van der Waals surface area contributed by atoms with E-state index in [0.717, 1.165) is 5.56 Å². The van der Waals surface area contributed by atoms with Crippen LogP contribution >= 0.6 is 11.6 Å². The summed E-state index contributed by atoms with van der Waals surface area (Å²) in [5.74, 6) is 5.72. The lowest BCUT2D eigenvalue weighted by atomic mass is 10.1. The molecule has 0 fully saturated rings. The fourth-order valence-corrected chi connectivity index (χ4v) is 1.24. The molecule has 0 aliphatic heterocycles. The van der Waals surface area contributed by atoms with Gasteiger partial charge in [-0.2, -0.15) is 0 Å². The summed E-state index contributed by atoms with van der Waals surface area (Å²) < 4.78 is 0. The third-order valence-electron chi connectivity index (χ3n) is 1.84. The Morgan fingerprint density at radius 3 is 3.00 bits per heavy atom. The first-order chi connectivity index (χ1) is 7.77. The predicted octanol–water partition coefficient (Wildman–Crippen LogP) is 2.88. The molecular formula is C11H10ClN3O. The van der Waals surface area contributed by atoms with E-state index in [-0.39, 0.29) is 6.61 Å². The second kappa shape index (κ2) is 6.76. The van der Waals surface area contributed by atoms with E-state index in [2.05, 4.69) is 21.9 Å². The lowest BCUT2D eigenvalue weighted by Crippen LogP contribution is -1.85. The molecule has 0 saturated carbocycles. The van der Waals surface area contributed by atoms with Gasteiger partial charge in [-0.25, -0.2) is 0 Å². The number of halogens is 1. The molecule has 1 aromatic rings. The van der Waals surface area contributed by atoms with E-state index < -0.39 is 0 Å². The zero-order valence-corrected chi connectivity index (χ0v) is 9.28. The monoisotopic (exact) mass is 235 g/mol. The van der Waals surface area contributed by atoms with Crippen molar-refractivity contribution < 1.29 is 5.11 Å². The molecule has 0 bridgehead atoms. The average Bonchev–Trinajstić information content (AvgIpc) is 2.31. The van der Waals surface area contributed by atoms with E-state index in [0.29, 0.717) is 23.6 Å². The van der Waals surface area contributed by atoms with E-state index in [1.54, 1.807) is 18.2 Å². The standard InChI is InChI=1S/C11H10ClN3O/c12-11-5-4-9(8-16)7-10(11)3-1-2-6-14-15-13/h4-5,7,16H,2,6,8H2. The molecule has 0 aliphatic rings. The normalized spacial score (nSPS) is 8.88. The van der Waals surface area contributed by atoms with Crippen molar-refractivity contribution in [3.05, 3.63) is 44.8 Å². The number of aliphatic hydroxyl groups is 1. The van der Waals surface area contributed by atoms with Crippen molar-refractivity contribution in [1.29, 1.82) is 0 Å².